The lowest BCUT2D eigenvalue weighted by Crippen LogP contribution is -2.33. The van der Waals surface area contributed by atoms with E-state index in [0.717, 1.165) is 24.5 Å². The fourth-order valence-electron chi connectivity index (χ4n) is 3.68. The normalized spacial score (nSPS) is 17.2. The maximum absolute atomic E-state index is 13.2. The highest BCUT2D eigenvalue weighted by atomic mass is 19.4. The molecular formula is C21H23F3N2O3. The molecule has 2 aromatic carbocycles. The number of ether oxygens (including phenoxy) is 2. The average Bonchev–Trinajstić information content (AvgIpc) is 3.14. The molecule has 1 N–H and O–H groups in total. The summed E-state index contributed by atoms with van der Waals surface area (Å²) in [6.45, 7) is 0.649. The Bertz CT molecular complexity index is 870. The zero-order valence-corrected chi connectivity index (χ0v) is 16.3. The smallest absolute Gasteiger partial charge is 0.418 e. The van der Waals surface area contributed by atoms with Crippen LogP contribution in [0.25, 0.3) is 0 Å². The maximum atomic E-state index is 13.2. The Labute approximate surface area is 167 Å². The van der Waals surface area contributed by atoms with Crippen LogP contribution in [0, 0.1) is 0 Å². The lowest BCUT2D eigenvalue weighted by molar-refractivity contribution is -0.137. The van der Waals surface area contributed by atoms with Gasteiger partial charge in [0.1, 0.15) is 11.5 Å². The molecule has 0 bridgehead atoms. The van der Waals surface area contributed by atoms with Crippen LogP contribution in [-0.4, -0.2) is 38.1 Å². The van der Waals surface area contributed by atoms with Gasteiger partial charge in [-0.15, -0.1) is 0 Å². The van der Waals surface area contributed by atoms with Gasteiger partial charge in [0, 0.05) is 11.6 Å². The van der Waals surface area contributed by atoms with Crippen LogP contribution in [-0.2, 0) is 11.0 Å². The van der Waals surface area contributed by atoms with E-state index in [1.807, 2.05) is 17.0 Å². The lowest BCUT2D eigenvalue weighted by Gasteiger charge is -2.26. The fourth-order valence-corrected chi connectivity index (χ4v) is 3.68. The number of rotatable bonds is 6. The number of carbonyl (C=O) groups is 1. The SMILES string of the molecule is COc1ccc(OC)c(C2CCCN2CC(=O)Nc2ccccc2C(F)(F)F)c1. The summed E-state index contributed by atoms with van der Waals surface area (Å²) in [5.74, 6) is 0.872. The van der Waals surface area contributed by atoms with Crippen LogP contribution >= 0.6 is 0 Å². The van der Waals surface area contributed by atoms with Gasteiger partial charge in [-0.2, -0.15) is 13.2 Å². The number of nitrogens with one attached hydrogen (secondary N) is 1. The van der Waals surface area contributed by atoms with Gasteiger partial charge in [0.2, 0.25) is 5.91 Å². The maximum Gasteiger partial charge on any atom is 0.418 e. The topological polar surface area (TPSA) is 50.8 Å². The first-order valence-electron chi connectivity index (χ1n) is 9.25. The Morgan fingerprint density at radius 3 is 2.62 bits per heavy atom. The number of carbonyl (C=O) groups excluding carboxylic acids is 1. The van der Waals surface area contributed by atoms with Crippen molar-refractivity contribution in [2.24, 2.45) is 0 Å². The van der Waals surface area contributed by atoms with Crippen molar-refractivity contribution in [3.8, 4) is 11.5 Å². The number of alkyl halides is 3. The number of para-hydroxylation sites is 1. The summed E-state index contributed by atoms with van der Waals surface area (Å²) in [7, 11) is 3.15. The third kappa shape index (κ3) is 4.82. The van der Waals surface area contributed by atoms with Crippen molar-refractivity contribution >= 4 is 11.6 Å². The molecule has 1 heterocycles. The van der Waals surface area contributed by atoms with Gasteiger partial charge in [0.05, 0.1) is 32.0 Å². The molecule has 2 aromatic rings. The molecule has 0 saturated carbocycles. The zero-order valence-electron chi connectivity index (χ0n) is 16.3. The molecule has 0 aromatic heterocycles. The van der Waals surface area contributed by atoms with E-state index in [4.69, 9.17) is 9.47 Å². The van der Waals surface area contributed by atoms with E-state index in [2.05, 4.69) is 5.32 Å². The number of amides is 1. The quantitative estimate of drug-likeness (QED) is 0.765. The number of hydrogen-bond donors (Lipinski definition) is 1. The number of nitrogens with zero attached hydrogens (tertiary/aromatic N) is 1. The van der Waals surface area contributed by atoms with Crippen molar-refractivity contribution in [2.75, 3.05) is 32.6 Å². The predicted octanol–water partition coefficient (Wildman–Crippen LogP) is 4.50. The van der Waals surface area contributed by atoms with E-state index in [0.29, 0.717) is 18.0 Å². The summed E-state index contributed by atoms with van der Waals surface area (Å²) in [5.41, 5.74) is -0.201. The van der Waals surface area contributed by atoms with E-state index in [1.165, 1.54) is 18.2 Å². The number of methoxy groups -OCH3 is 2. The Balaban J connectivity index is 1.76. The standard InChI is InChI=1S/C21H23F3N2O3/c1-28-14-9-10-19(29-2)15(12-14)18-8-5-11-26(18)13-20(27)25-17-7-4-3-6-16(17)21(22,23)24/h3-4,6-7,9-10,12,18H,5,8,11,13H2,1-2H3,(H,25,27). The molecule has 8 heteroatoms. The molecule has 1 fully saturated rings. The second-order valence-electron chi connectivity index (χ2n) is 6.83. The van der Waals surface area contributed by atoms with Crippen molar-refractivity contribution in [2.45, 2.75) is 25.1 Å². The molecule has 1 aliphatic heterocycles. The molecule has 156 valence electrons. The largest absolute Gasteiger partial charge is 0.497 e. The fraction of sp³-hybridized carbons (Fsp3) is 0.381. The second-order valence-corrected chi connectivity index (χ2v) is 6.83. The van der Waals surface area contributed by atoms with Crippen LogP contribution in [0.15, 0.2) is 42.5 Å². The molecule has 0 radical (unpaired) electrons. The van der Waals surface area contributed by atoms with Gasteiger partial charge in [-0.1, -0.05) is 12.1 Å². The minimum atomic E-state index is -4.53. The van der Waals surface area contributed by atoms with Crippen LogP contribution in [0.4, 0.5) is 18.9 Å². The van der Waals surface area contributed by atoms with E-state index in [1.54, 1.807) is 20.3 Å². The Morgan fingerprint density at radius 2 is 1.93 bits per heavy atom. The predicted molar refractivity (Wildman–Crippen MR) is 103 cm³/mol. The van der Waals surface area contributed by atoms with E-state index < -0.39 is 17.6 Å². The highest BCUT2D eigenvalue weighted by Crippen LogP contribution is 2.39. The number of halogens is 3. The van der Waals surface area contributed by atoms with Gasteiger partial charge < -0.3 is 14.8 Å². The number of benzene rings is 2. The molecule has 0 aliphatic carbocycles. The van der Waals surface area contributed by atoms with Crippen LogP contribution in [0.2, 0.25) is 0 Å². The Kier molecular flexibility index (Phi) is 6.32. The van der Waals surface area contributed by atoms with Gasteiger partial charge in [-0.05, 0) is 49.7 Å². The highest BCUT2D eigenvalue weighted by molar-refractivity contribution is 5.93. The summed E-state index contributed by atoms with van der Waals surface area (Å²) in [6, 6.07) is 10.4. The molecule has 3 rings (SSSR count). The van der Waals surface area contributed by atoms with Crippen LogP contribution in [0.1, 0.15) is 30.0 Å². The van der Waals surface area contributed by atoms with E-state index >= 15 is 0 Å². The Morgan fingerprint density at radius 1 is 1.17 bits per heavy atom. The van der Waals surface area contributed by atoms with Crippen molar-refractivity contribution in [1.29, 1.82) is 0 Å². The van der Waals surface area contributed by atoms with Crippen LogP contribution in [0.5, 0.6) is 11.5 Å². The summed E-state index contributed by atoms with van der Waals surface area (Å²) >= 11 is 0. The van der Waals surface area contributed by atoms with Gasteiger partial charge in [0.25, 0.3) is 0 Å². The monoisotopic (exact) mass is 408 g/mol. The van der Waals surface area contributed by atoms with Crippen LogP contribution < -0.4 is 14.8 Å². The third-order valence-corrected chi connectivity index (χ3v) is 5.01. The van der Waals surface area contributed by atoms with Gasteiger partial charge in [-0.3, -0.25) is 9.69 Å². The Hall–Kier alpha value is -2.74. The molecule has 1 atom stereocenters. The van der Waals surface area contributed by atoms with Crippen molar-refractivity contribution in [3.05, 3.63) is 53.6 Å². The summed E-state index contributed by atoms with van der Waals surface area (Å²) in [4.78, 5) is 14.5. The van der Waals surface area contributed by atoms with Gasteiger partial charge in [0.15, 0.2) is 0 Å². The van der Waals surface area contributed by atoms with Crippen molar-refractivity contribution in [1.82, 2.24) is 4.90 Å². The summed E-state index contributed by atoms with van der Waals surface area (Å²) < 4.78 is 50.2. The molecule has 1 aliphatic rings. The minimum Gasteiger partial charge on any atom is -0.497 e. The summed E-state index contributed by atoms with van der Waals surface area (Å²) in [6.07, 6.45) is -2.85. The number of anilines is 1. The first-order chi connectivity index (χ1) is 13.8. The summed E-state index contributed by atoms with van der Waals surface area (Å²) in [5, 5.41) is 2.41. The molecule has 1 amide bonds. The number of likely N-dealkylation sites (tertiary alicyclic amines) is 1. The highest BCUT2D eigenvalue weighted by Gasteiger charge is 2.34. The second kappa shape index (κ2) is 8.73. The first kappa shape index (κ1) is 21.0. The molecule has 1 saturated heterocycles. The van der Waals surface area contributed by atoms with E-state index in [9.17, 15) is 18.0 Å². The lowest BCUT2D eigenvalue weighted by atomic mass is 10.0. The number of hydrogen-bond acceptors (Lipinski definition) is 4. The molecule has 5 nitrogen and oxygen atoms in total. The zero-order chi connectivity index (χ0) is 21.0. The van der Waals surface area contributed by atoms with Crippen LogP contribution in [0.3, 0.4) is 0 Å². The molecule has 1 unspecified atom stereocenters. The van der Waals surface area contributed by atoms with Crippen molar-refractivity contribution < 1.29 is 27.4 Å². The average molecular weight is 408 g/mol. The van der Waals surface area contributed by atoms with Gasteiger partial charge in [-0.25, -0.2) is 0 Å². The molecular weight excluding hydrogens is 385 g/mol. The van der Waals surface area contributed by atoms with E-state index in [-0.39, 0.29) is 18.3 Å². The minimum absolute atomic E-state index is 0.0166. The third-order valence-electron chi connectivity index (χ3n) is 5.01. The van der Waals surface area contributed by atoms with Gasteiger partial charge >= 0.3 is 6.18 Å². The van der Waals surface area contributed by atoms with Crippen molar-refractivity contribution in [3.63, 3.8) is 0 Å². The molecule has 0 spiro atoms. The molecule has 29 heavy (non-hydrogen) atoms. The first-order valence-corrected chi connectivity index (χ1v) is 9.25.